The van der Waals surface area contributed by atoms with E-state index >= 15 is 0 Å². The van der Waals surface area contributed by atoms with E-state index in [0.29, 0.717) is 23.7 Å². The molecule has 5 nitrogen and oxygen atoms in total. The molecule has 1 aliphatic rings. The highest BCUT2D eigenvalue weighted by Gasteiger charge is 2.31. The average Bonchev–Trinajstić information content (AvgIpc) is 2.58. The normalized spacial score (nSPS) is 21.6. The predicted octanol–water partition coefficient (Wildman–Crippen LogP) is 1.52. The maximum Gasteiger partial charge on any atom is 0.263 e. The molecule has 1 unspecified atom stereocenters. The SMILES string of the molecule is CC(C)CC(C)(O)CN=C1NS(=O)(=O)c2ccccc21. The first-order chi connectivity index (χ1) is 9.21. The number of aliphatic hydroxyl groups is 1. The van der Waals surface area contributed by atoms with Gasteiger partial charge in [0.15, 0.2) is 0 Å². The number of hydrogen-bond donors (Lipinski definition) is 2. The van der Waals surface area contributed by atoms with E-state index in [9.17, 15) is 13.5 Å². The van der Waals surface area contributed by atoms with Gasteiger partial charge in [-0.15, -0.1) is 0 Å². The Labute approximate surface area is 119 Å². The Hall–Kier alpha value is -1.40. The minimum absolute atomic E-state index is 0.164. The quantitative estimate of drug-likeness (QED) is 0.884. The molecule has 0 radical (unpaired) electrons. The van der Waals surface area contributed by atoms with E-state index in [1.54, 1.807) is 31.2 Å². The van der Waals surface area contributed by atoms with Gasteiger partial charge in [-0.3, -0.25) is 9.71 Å². The van der Waals surface area contributed by atoms with Crippen molar-refractivity contribution in [1.82, 2.24) is 4.72 Å². The van der Waals surface area contributed by atoms with Crippen LogP contribution in [0.5, 0.6) is 0 Å². The summed E-state index contributed by atoms with van der Waals surface area (Å²) >= 11 is 0. The second-order valence-electron chi connectivity index (χ2n) is 5.86. The number of fused-ring (bicyclic) bond motifs is 1. The summed E-state index contributed by atoms with van der Waals surface area (Å²) in [6.45, 7) is 5.92. The molecule has 1 aliphatic heterocycles. The molecule has 0 saturated heterocycles. The molecule has 1 aromatic carbocycles. The zero-order valence-electron chi connectivity index (χ0n) is 11.9. The zero-order chi connectivity index (χ0) is 15.0. The minimum Gasteiger partial charge on any atom is -0.388 e. The molecule has 0 bridgehead atoms. The number of sulfonamides is 1. The van der Waals surface area contributed by atoms with Crippen LogP contribution in [0.3, 0.4) is 0 Å². The Morgan fingerprint density at radius 1 is 1.35 bits per heavy atom. The summed E-state index contributed by atoms with van der Waals surface area (Å²) in [6.07, 6.45) is 0.609. The highest BCUT2D eigenvalue weighted by Crippen LogP contribution is 2.23. The fraction of sp³-hybridized carbons (Fsp3) is 0.500. The monoisotopic (exact) mass is 296 g/mol. The van der Waals surface area contributed by atoms with E-state index in [1.807, 2.05) is 13.8 Å². The van der Waals surface area contributed by atoms with Crippen LogP contribution in [0.4, 0.5) is 0 Å². The number of amidine groups is 1. The standard InChI is InChI=1S/C14H20N2O3S/c1-10(2)8-14(3,17)9-15-13-11-6-4-5-7-12(11)20(18,19)16-13/h4-7,10,17H,8-9H2,1-3H3,(H,15,16). The van der Waals surface area contributed by atoms with E-state index in [0.717, 1.165) is 0 Å². The van der Waals surface area contributed by atoms with E-state index in [4.69, 9.17) is 0 Å². The molecule has 1 atom stereocenters. The Morgan fingerprint density at radius 2 is 2.00 bits per heavy atom. The molecule has 2 rings (SSSR count). The number of nitrogens with one attached hydrogen (secondary N) is 1. The molecule has 0 aliphatic carbocycles. The van der Waals surface area contributed by atoms with Crippen LogP contribution in [-0.4, -0.2) is 31.5 Å². The minimum atomic E-state index is -3.51. The van der Waals surface area contributed by atoms with Gasteiger partial charge in [-0.25, -0.2) is 8.42 Å². The molecule has 20 heavy (non-hydrogen) atoms. The molecule has 0 spiro atoms. The Morgan fingerprint density at radius 3 is 2.65 bits per heavy atom. The van der Waals surface area contributed by atoms with Crippen molar-refractivity contribution in [2.24, 2.45) is 10.9 Å². The first kappa shape index (κ1) is 15.0. The summed E-state index contributed by atoms with van der Waals surface area (Å²) in [4.78, 5) is 4.50. The highest BCUT2D eigenvalue weighted by molar-refractivity contribution is 7.90. The predicted molar refractivity (Wildman–Crippen MR) is 78.2 cm³/mol. The van der Waals surface area contributed by atoms with Crippen molar-refractivity contribution in [3.63, 3.8) is 0 Å². The Kier molecular flexibility index (Phi) is 3.88. The van der Waals surface area contributed by atoms with Crippen LogP contribution in [0.25, 0.3) is 0 Å². The molecule has 0 saturated carbocycles. The van der Waals surface area contributed by atoms with Crippen LogP contribution in [0.1, 0.15) is 32.8 Å². The van der Waals surface area contributed by atoms with Crippen LogP contribution in [0.2, 0.25) is 0 Å². The second-order valence-corrected chi connectivity index (χ2v) is 7.51. The van der Waals surface area contributed by atoms with E-state index < -0.39 is 15.6 Å². The molecule has 0 fully saturated rings. The number of aliphatic imine (C=N–C) groups is 1. The van der Waals surface area contributed by atoms with Crippen LogP contribution >= 0.6 is 0 Å². The molecule has 2 N–H and O–H groups in total. The van der Waals surface area contributed by atoms with Gasteiger partial charge < -0.3 is 5.11 Å². The topological polar surface area (TPSA) is 78.8 Å². The van der Waals surface area contributed by atoms with Crippen LogP contribution < -0.4 is 4.72 Å². The van der Waals surface area contributed by atoms with Crippen molar-refractivity contribution in [3.05, 3.63) is 29.8 Å². The van der Waals surface area contributed by atoms with Crippen molar-refractivity contribution in [2.45, 2.75) is 37.7 Å². The molecule has 0 amide bonds. The third-order valence-corrected chi connectivity index (χ3v) is 4.49. The molecule has 1 aromatic rings. The van der Waals surface area contributed by atoms with Crippen molar-refractivity contribution in [2.75, 3.05) is 6.54 Å². The summed E-state index contributed by atoms with van der Waals surface area (Å²) in [5.41, 5.74) is -0.378. The van der Waals surface area contributed by atoms with Gasteiger partial charge in [-0.2, -0.15) is 0 Å². The lowest BCUT2D eigenvalue weighted by molar-refractivity contribution is 0.0478. The first-order valence-electron chi connectivity index (χ1n) is 6.60. The number of hydrogen-bond acceptors (Lipinski definition) is 4. The first-order valence-corrected chi connectivity index (χ1v) is 8.09. The Bertz CT molecular complexity index is 634. The third kappa shape index (κ3) is 3.19. The summed E-state index contributed by atoms with van der Waals surface area (Å²) in [5.74, 6) is 0.655. The van der Waals surface area contributed by atoms with Gasteiger partial charge in [0.1, 0.15) is 5.84 Å². The summed E-state index contributed by atoms with van der Waals surface area (Å²) < 4.78 is 26.3. The maximum absolute atomic E-state index is 11.9. The fourth-order valence-electron chi connectivity index (χ4n) is 2.44. The molecule has 1 heterocycles. The van der Waals surface area contributed by atoms with Crippen LogP contribution in [-0.2, 0) is 10.0 Å². The zero-order valence-corrected chi connectivity index (χ0v) is 12.7. The van der Waals surface area contributed by atoms with E-state index in [-0.39, 0.29) is 11.4 Å². The molecule has 0 aromatic heterocycles. The van der Waals surface area contributed by atoms with Crippen LogP contribution in [0, 0.1) is 5.92 Å². The van der Waals surface area contributed by atoms with E-state index in [2.05, 4.69) is 9.71 Å². The lowest BCUT2D eigenvalue weighted by atomic mass is 9.94. The van der Waals surface area contributed by atoms with Crippen LogP contribution in [0.15, 0.2) is 34.2 Å². The van der Waals surface area contributed by atoms with Gasteiger partial charge in [0.25, 0.3) is 10.0 Å². The van der Waals surface area contributed by atoms with Crippen molar-refractivity contribution >= 4 is 15.9 Å². The molecule has 6 heteroatoms. The summed E-state index contributed by atoms with van der Waals surface area (Å²) in [5, 5.41) is 10.2. The number of nitrogens with zero attached hydrogens (tertiary/aromatic N) is 1. The van der Waals surface area contributed by atoms with Gasteiger partial charge in [-0.1, -0.05) is 26.0 Å². The van der Waals surface area contributed by atoms with Crippen molar-refractivity contribution in [3.8, 4) is 0 Å². The largest absolute Gasteiger partial charge is 0.388 e. The van der Waals surface area contributed by atoms with Crippen molar-refractivity contribution < 1.29 is 13.5 Å². The van der Waals surface area contributed by atoms with Gasteiger partial charge in [0.2, 0.25) is 0 Å². The molecular formula is C14H20N2O3S. The lowest BCUT2D eigenvalue weighted by Gasteiger charge is -2.23. The number of rotatable bonds is 4. The van der Waals surface area contributed by atoms with Gasteiger partial charge >= 0.3 is 0 Å². The Balaban J connectivity index is 2.26. The van der Waals surface area contributed by atoms with Gasteiger partial charge in [0.05, 0.1) is 17.0 Å². The molecular weight excluding hydrogens is 276 g/mol. The van der Waals surface area contributed by atoms with Gasteiger partial charge in [-0.05, 0) is 31.4 Å². The van der Waals surface area contributed by atoms with E-state index in [1.165, 1.54) is 0 Å². The lowest BCUT2D eigenvalue weighted by Crippen LogP contribution is -2.32. The summed E-state index contributed by atoms with van der Waals surface area (Å²) in [7, 11) is -3.51. The highest BCUT2D eigenvalue weighted by atomic mass is 32.2. The summed E-state index contributed by atoms with van der Waals surface area (Å²) in [6, 6.07) is 6.70. The molecule has 110 valence electrons. The smallest absolute Gasteiger partial charge is 0.263 e. The van der Waals surface area contributed by atoms with Crippen molar-refractivity contribution in [1.29, 1.82) is 0 Å². The average molecular weight is 296 g/mol. The second kappa shape index (κ2) is 5.18. The fourth-order valence-corrected chi connectivity index (χ4v) is 3.70. The number of benzene rings is 1. The van der Waals surface area contributed by atoms with Gasteiger partial charge in [0, 0.05) is 5.56 Å². The third-order valence-electron chi connectivity index (χ3n) is 3.09. The maximum atomic E-state index is 11.9.